The Kier molecular flexibility index (Phi) is 4.27. The third-order valence-corrected chi connectivity index (χ3v) is 3.22. The van der Waals surface area contributed by atoms with Crippen molar-refractivity contribution in [2.75, 3.05) is 6.61 Å². The summed E-state index contributed by atoms with van der Waals surface area (Å²) in [6.45, 7) is -4.57. The van der Waals surface area contributed by atoms with E-state index in [1.807, 2.05) is 0 Å². The number of amides is 1. The van der Waals surface area contributed by atoms with Crippen molar-refractivity contribution < 1.29 is 33.4 Å². The first kappa shape index (κ1) is 15.8. The van der Waals surface area contributed by atoms with E-state index in [4.69, 9.17) is 20.3 Å². The standard InChI is InChI=1S/C8H9N4O7PS/c9-6(15)7-10-2-12(11-7)8-5(14)4(13)3(19-8)1-18-20(16,17)21/h2-3,8H,1H2,(H2,9,15)(H2,16,17,21)/t3-,8-/m1/s1. The van der Waals surface area contributed by atoms with E-state index >= 15 is 0 Å². The summed E-state index contributed by atoms with van der Waals surface area (Å²) in [6.07, 6.45) is -1.78. The van der Waals surface area contributed by atoms with E-state index < -0.39 is 43.1 Å². The monoisotopic (exact) mass is 336 g/mol. The largest absolute Gasteiger partial charge is 0.363 e. The number of Topliss-reactive ketones (excluding diaryl/α,β-unsaturated/α-hetero) is 2. The summed E-state index contributed by atoms with van der Waals surface area (Å²) in [5, 5.41) is 3.60. The Bertz CT molecular complexity index is 655. The number of primary amides is 1. The lowest BCUT2D eigenvalue weighted by atomic mass is 10.2. The van der Waals surface area contributed by atoms with Crippen LogP contribution in [0.25, 0.3) is 0 Å². The van der Waals surface area contributed by atoms with Gasteiger partial charge in [0.1, 0.15) is 6.33 Å². The number of hydrogen-bond donors (Lipinski definition) is 3. The first-order valence-electron chi connectivity index (χ1n) is 5.33. The highest BCUT2D eigenvalue weighted by Gasteiger charge is 2.44. The van der Waals surface area contributed by atoms with Crippen LogP contribution in [0.2, 0.25) is 0 Å². The van der Waals surface area contributed by atoms with Gasteiger partial charge in [-0.05, 0) is 11.8 Å². The molecular weight excluding hydrogens is 327 g/mol. The van der Waals surface area contributed by atoms with Crippen LogP contribution in [0.5, 0.6) is 0 Å². The zero-order valence-corrected chi connectivity index (χ0v) is 11.9. The van der Waals surface area contributed by atoms with Crippen LogP contribution in [-0.4, -0.2) is 54.7 Å². The van der Waals surface area contributed by atoms with Gasteiger partial charge in [0, 0.05) is 0 Å². The van der Waals surface area contributed by atoms with Crippen LogP contribution in [-0.2, 0) is 30.7 Å². The van der Waals surface area contributed by atoms with Crippen molar-refractivity contribution in [3.8, 4) is 0 Å². The average molecular weight is 336 g/mol. The minimum atomic E-state index is -3.97. The molecule has 0 aliphatic carbocycles. The number of ketones is 2. The molecule has 0 bridgehead atoms. The van der Waals surface area contributed by atoms with Crippen molar-refractivity contribution >= 4 is 36.0 Å². The van der Waals surface area contributed by atoms with E-state index in [0.717, 1.165) is 11.0 Å². The number of rotatable bonds is 5. The summed E-state index contributed by atoms with van der Waals surface area (Å²) in [7, 11) is 0. The van der Waals surface area contributed by atoms with E-state index in [-0.39, 0.29) is 5.82 Å². The maximum absolute atomic E-state index is 11.7. The highest BCUT2D eigenvalue weighted by atomic mass is 32.5. The summed E-state index contributed by atoms with van der Waals surface area (Å²) in [6, 6.07) is 0. The van der Waals surface area contributed by atoms with Crippen LogP contribution in [0.15, 0.2) is 6.33 Å². The van der Waals surface area contributed by atoms with E-state index in [2.05, 4.69) is 26.4 Å². The van der Waals surface area contributed by atoms with Crippen molar-refractivity contribution in [1.29, 1.82) is 0 Å². The summed E-state index contributed by atoms with van der Waals surface area (Å²) >= 11 is 4.21. The van der Waals surface area contributed by atoms with Gasteiger partial charge in [-0.1, -0.05) is 0 Å². The molecule has 21 heavy (non-hydrogen) atoms. The third-order valence-electron chi connectivity index (χ3n) is 2.42. The predicted octanol–water partition coefficient (Wildman–Crippen LogP) is -2.36. The Morgan fingerprint density at radius 1 is 1.52 bits per heavy atom. The van der Waals surface area contributed by atoms with Gasteiger partial charge in [-0.15, -0.1) is 5.10 Å². The van der Waals surface area contributed by atoms with Crippen molar-refractivity contribution in [2.45, 2.75) is 12.3 Å². The van der Waals surface area contributed by atoms with E-state index in [1.165, 1.54) is 0 Å². The number of hydrogen-bond acceptors (Lipinski definition) is 8. The van der Waals surface area contributed by atoms with Crippen LogP contribution >= 0.6 is 6.72 Å². The van der Waals surface area contributed by atoms with Crippen LogP contribution in [0, 0.1) is 0 Å². The Morgan fingerprint density at radius 3 is 2.71 bits per heavy atom. The molecule has 1 amide bonds. The fourth-order valence-electron chi connectivity index (χ4n) is 1.52. The zero-order valence-electron chi connectivity index (χ0n) is 10.1. The Labute approximate surface area is 121 Å². The van der Waals surface area contributed by atoms with Gasteiger partial charge < -0.3 is 24.8 Å². The Hall–Kier alpha value is -1.56. The number of aromatic nitrogens is 3. The third kappa shape index (κ3) is 3.56. The molecule has 0 unspecified atom stereocenters. The quantitative estimate of drug-likeness (QED) is 0.391. The summed E-state index contributed by atoms with van der Waals surface area (Å²) in [5.41, 5.74) is 4.96. The van der Waals surface area contributed by atoms with Crippen LogP contribution in [0.3, 0.4) is 0 Å². The molecule has 0 aromatic carbocycles. The molecule has 2 heterocycles. The second kappa shape index (κ2) is 5.67. The van der Waals surface area contributed by atoms with Gasteiger partial charge >= 0.3 is 6.72 Å². The first-order valence-corrected chi connectivity index (χ1v) is 7.96. The molecule has 1 aliphatic heterocycles. The van der Waals surface area contributed by atoms with Gasteiger partial charge in [-0.3, -0.25) is 14.4 Å². The fraction of sp³-hybridized carbons (Fsp3) is 0.375. The van der Waals surface area contributed by atoms with E-state index in [0.29, 0.717) is 0 Å². The molecule has 2 atom stereocenters. The number of ether oxygens (including phenoxy) is 1. The van der Waals surface area contributed by atoms with E-state index in [1.54, 1.807) is 0 Å². The van der Waals surface area contributed by atoms with Gasteiger partial charge in [0.25, 0.3) is 11.7 Å². The molecule has 4 N–H and O–H groups in total. The lowest BCUT2D eigenvalue weighted by molar-refractivity contribution is -0.136. The van der Waals surface area contributed by atoms with Crippen molar-refractivity contribution in [1.82, 2.24) is 14.8 Å². The molecule has 0 spiro atoms. The molecule has 2 rings (SSSR count). The van der Waals surface area contributed by atoms with Crippen molar-refractivity contribution in [2.24, 2.45) is 5.73 Å². The topological polar surface area (TPSA) is 167 Å². The molecule has 0 saturated carbocycles. The smallest absolute Gasteiger partial charge is 0.321 e. The molecule has 11 nitrogen and oxygen atoms in total. The molecular formula is C8H9N4O7PS. The maximum atomic E-state index is 11.7. The molecule has 1 fully saturated rings. The zero-order chi connectivity index (χ0) is 15.8. The number of nitrogens with zero attached hydrogens (tertiary/aromatic N) is 3. The highest BCUT2D eigenvalue weighted by Crippen LogP contribution is 2.37. The molecule has 1 aromatic heterocycles. The SMILES string of the molecule is NC(=O)c1ncn([C@@H]2O[C@H](COP(O)(O)=S)C(=O)C2=O)n1. The van der Waals surface area contributed by atoms with Gasteiger partial charge in [0.15, 0.2) is 6.10 Å². The molecule has 1 aliphatic rings. The summed E-state index contributed by atoms with van der Waals surface area (Å²) in [4.78, 5) is 55.6. The van der Waals surface area contributed by atoms with Crippen LogP contribution < -0.4 is 5.73 Å². The molecule has 1 saturated heterocycles. The van der Waals surface area contributed by atoms with Crippen LogP contribution in [0.1, 0.15) is 16.8 Å². The van der Waals surface area contributed by atoms with Gasteiger partial charge in [0.05, 0.1) is 6.61 Å². The minimum absolute atomic E-state index is 0.347. The predicted molar refractivity (Wildman–Crippen MR) is 67.1 cm³/mol. The van der Waals surface area contributed by atoms with Crippen molar-refractivity contribution in [3.63, 3.8) is 0 Å². The number of carbonyl (C=O) groups is 3. The Morgan fingerprint density at radius 2 is 2.19 bits per heavy atom. The average Bonchev–Trinajstić information content (AvgIpc) is 2.94. The lowest BCUT2D eigenvalue weighted by Gasteiger charge is -2.13. The second-order valence-electron chi connectivity index (χ2n) is 3.90. The normalized spacial score (nSPS) is 22.8. The van der Waals surface area contributed by atoms with Gasteiger partial charge in [0.2, 0.25) is 17.8 Å². The fourth-order valence-corrected chi connectivity index (χ4v) is 2.03. The molecule has 13 heteroatoms. The Balaban J connectivity index is 2.12. The number of nitrogens with two attached hydrogens (primary N) is 1. The van der Waals surface area contributed by atoms with Gasteiger partial charge in [-0.25, -0.2) is 9.67 Å². The molecule has 114 valence electrons. The highest BCUT2D eigenvalue weighted by molar-refractivity contribution is 8.06. The minimum Gasteiger partial charge on any atom is -0.363 e. The number of carbonyl (C=O) groups excluding carboxylic acids is 3. The van der Waals surface area contributed by atoms with Crippen molar-refractivity contribution in [3.05, 3.63) is 12.2 Å². The second-order valence-corrected chi connectivity index (χ2v) is 6.57. The summed E-state index contributed by atoms with van der Waals surface area (Å²) < 4.78 is 10.4. The first-order chi connectivity index (χ1) is 9.69. The van der Waals surface area contributed by atoms with Crippen LogP contribution in [0.4, 0.5) is 0 Å². The molecule has 1 aromatic rings. The summed E-state index contributed by atoms with van der Waals surface area (Å²) in [5.74, 6) is -3.15. The van der Waals surface area contributed by atoms with E-state index in [9.17, 15) is 14.4 Å². The van der Waals surface area contributed by atoms with Gasteiger partial charge in [-0.2, -0.15) is 0 Å². The maximum Gasteiger partial charge on any atom is 0.321 e. The molecule has 0 radical (unpaired) electrons. The lowest BCUT2D eigenvalue weighted by Crippen LogP contribution is -2.24.